The van der Waals surface area contributed by atoms with Crippen LogP contribution in [0.4, 0.5) is 0 Å². The van der Waals surface area contributed by atoms with Gasteiger partial charge < -0.3 is 9.47 Å². The lowest BCUT2D eigenvalue weighted by atomic mass is 10.1. The molecule has 23 heavy (non-hydrogen) atoms. The van der Waals surface area contributed by atoms with Gasteiger partial charge in [0.05, 0.1) is 6.04 Å². The van der Waals surface area contributed by atoms with Gasteiger partial charge in [-0.25, -0.2) is 4.98 Å². The third-order valence-corrected chi connectivity index (χ3v) is 5.65. The number of carbonyl (C=O) groups is 1. The number of imidazole rings is 1. The van der Waals surface area contributed by atoms with Crippen LogP contribution < -0.4 is 0 Å². The van der Waals surface area contributed by atoms with E-state index in [9.17, 15) is 4.79 Å². The fourth-order valence-electron chi connectivity index (χ4n) is 4.22. The summed E-state index contributed by atoms with van der Waals surface area (Å²) < 4.78 is 2.19. The van der Waals surface area contributed by atoms with Crippen molar-refractivity contribution in [3.8, 4) is 0 Å². The molecule has 3 heterocycles. The first-order valence-corrected chi connectivity index (χ1v) is 8.98. The van der Waals surface area contributed by atoms with E-state index in [1.165, 1.54) is 32.2 Å². The molecule has 1 aromatic rings. The van der Waals surface area contributed by atoms with E-state index in [0.717, 1.165) is 24.8 Å². The van der Waals surface area contributed by atoms with Gasteiger partial charge in [-0.15, -0.1) is 0 Å². The Morgan fingerprint density at radius 2 is 1.96 bits per heavy atom. The van der Waals surface area contributed by atoms with Gasteiger partial charge in [-0.1, -0.05) is 25.0 Å². The summed E-state index contributed by atoms with van der Waals surface area (Å²) in [6.07, 6.45) is 11.6. The first-order chi connectivity index (χ1) is 11.2. The van der Waals surface area contributed by atoms with Gasteiger partial charge in [0.2, 0.25) is 0 Å². The van der Waals surface area contributed by atoms with Crippen molar-refractivity contribution in [2.45, 2.75) is 45.2 Å². The molecule has 5 nitrogen and oxygen atoms in total. The number of carbonyl (C=O) groups excluding carboxylic acids is 1. The lowest BCUT2D eigenvalue weighted by Gasteiger charge is -2.35. The molecule has 124 valence electrons. The molecular weight excluding hydrogens is 288 g/mol. The number of hydrogen-bond acceptors (Lipinski definition) is 3. The smallest absolute Gasteiger partial charge is 0.274 e. The molecule has 1 aromatic heterocycles. The molecule has 1 atom stereocenters. The molecule has 2 aliphatic heterocycles. The van der Waals surface area contributed by atoms with Gasteiger partial charge in [-0.05, 0) is 25.7 Å². The summed E-state index contributed by atoms with van der Waals surface area (Å²) >= 11 is 0. The molecule has 0 bridgehead atoms. The predicted molar refractivity (Wildman–Crippen MR) is 89.2 cm³/mol. The van der Waals surface area contributed by atoms with Crippen molar-refractivity contribution >= 4 is 5.91 Å². The SMILES string of the molecule is C[C@H]1c2nc(C(=O)N3CC=CC3)cn2CCN1CC1CCCC1. The number of hydrogen-bond donors (Lipinski definition) is 0. The van der Waals surface area contributed by atoms with E-state index in [-0.39, 0.29) is 5.91 Å². The maximum Gasteiger partial charge on any atom is 0.274 e. The Morgan fingerprint density at radius 3 is 2.70 bits per heavy atom. The third-order valence-electron chi connectivity index (χ3n) is 5.65. The number of nitrogens with zero attached hydrogens (tertiary/aromatic N) is 4. The topological polar surface area (TPSA) is 41.4 Å². The van der Waals surface area contributed by atoms with Gasteiger partial charge in [0.15, 0.2) is 0 Å². The minimum absolute atomic E-state index is 0.0615. The molecule has 5 heteroatoms. The molecule has 1 saturated carbocycles. The monoisotopic (exact) mass is 314 g/mol. The summed E-state index contributed by atoms with van der Waals surface area (Å²) in [6.45, 7) is 6.87. The van der Waals surface area contributed by atoms with E-state index in [1.807, 2.05) is 23.2 Å². The molecule has 0 aromatic carbocycles. The average molecular weight is 314 g/mol. The van der Waals surface area contributed by atoms with E-state index >= 15 is 0 Å². The van der Waals surface area contributed by atoms with E-state index in [2.05, 4.69) is 16.4 Å². The molecule has 0 saturated heterocycles. The van der Waals surface area contributed by atoms with Crippen LogP contribution in [0.15, 0.2) is 18.3 Å². The molecule has 1 fully saturated rings. The summed E-state index contributed by atoms with van der Waals surface area (Å²) in [5.41, 5.74) is 0.610. The Labute approximate surface area is 138 Å². The quantitative estimate of drug-likeness (QED) is 0.805. The second kappa shape index (κ2) is 6.11. The van der Waals surface area contributed by atoms with Crippen LogP contribution in [0.2, 0.25) is 0 Å². The number of fused-ring (bicyclic) bond motifs is 1. The van der Waals surface area contributed by atoms with Crippen molar-refractivity contribution in [2.24, 2.45) is 5.92 Å². The zero-order valence-electron chi connectivity index (χ0n) is 13.9. The molecule has 4 rings (SSSR count). The van der Waals surface area contributed by atoms with Gasteiger partial charge in [-0.3, -0.25) is 9.69 Å². The lowest BCUT2D eigenvalue weighted by Crippen LogP contribution is -2.39. The van der Waals surface area contributed by atoms with E-state index in [1.54, 1.807) is 0 Å². The van der Waals surface area contributed by atoms with Crippen molar-refractivity contribution in [3.05, 3.63) is 29.9 Å². The zero-order chi connectivity index (χ0) is 15.8. The van der Waals surface area contributed by atoms with Crippen molar-refractivity contribution in [3.63, 3.8) is 0 Å². The first kappa shape index (κ1) is 14.9. The zero-order valence-corrected chi connectivity index (χ0v) is 13.9. The largest absolute Gasteiger partial charge is 0.331 e. The Hall–Kier alpha value is -1.62. The molecule has 0 radical (unpaired) electrons. The van der Waals surface area contributed by atoms with Gasteiger partial charge in [-0.2, -0.15) is 0 Å². The molecule has 3 aliphatic rings. The third kappa shape index (κ3) is 2.82. The maximum atomic E-state index is 12.5. The van der Waals surface area contributed by atoms with E-state index < -0.39 is 0 Å². The Kier molecular flexibility index (Phi) is 3.97. The highest BCUT2D eigenvalue weighted by Gasteiger charge is 2.30. The Balaban J connectivity index is 1.48. The lowest BCUT2D eigenvalue weighted by molar-refractivity contribution is 0.0794. The number of rotatable bonds is 3. The molecular formula is C18H26N4O. The van der Waals surface area contributed by atoms with Crippen molar-refractivity contribution < 1.29 is 4.79 Å². The Bertz CT molecular complexity index is 607. The van der Waals surface area contributed by atoms with Crippen molar-refractivity contribution in [1.82, 2.24) is 19.4 Å². The van der Waals surface area contributed by atoms with Crippen LogP contribution in [-0.2, 0) is 6.54 Å². The fraction of sp³-hybridized carbons (Fsp3) is 0.667. The minimum Gasteiger partial charge on any atom is -0.331 e. The molecule has 0 spiro atoms. The van der Waals surface area contributed by atoms with Crippen LogP contribution >= 0.6 is 0 Å². The van der Waals surface area contributed by atoms with Crippen LogP contribution in [-0.4, -0.2) is 51.4 Å². The van der Waals surface area contributed by atoms with Crippen LogP contribution in [0, 0.1) is 5.92 Å². The van der Waals surface area contributed by atoms with Crippen LogP contribution in [0.5, 0.6) is 0 Å². The second-order valence-corrected chi connectivity index (χ2v) is 7.18. The summed E-state index contributed by atoms with van der Waals surface area (Å²) in [7, 11) is 0. The van der Waals surface area contributed by atoms with E-state index in [4.69, 9.17) is 4.98 Å². The maximum absolute atomic E-state index is 12.5. The average Bonchev–Trinajstić information content (AvgIpc) is 3.31. The summed E-state index contributed by atoms with van der Waals surface area (Å²) in [6, 6.07) is 0.308. The highest BCUT2D eigenvalue weighted by atomic mass is 16.2. The van der Waals surface area contributed by atoms with Gasteiger partial charge in [0, 0.05) is 38.9 Å². The van der Waals surface area contributed by atoms with Gasteiger partial charge in [0.25, 0.3) is 5.91 Å². The van der Waals surface area contributed by atoms with Crippen molar-refractivity contribution in [2.75, 3.05) is 26.2 Å². The summed E-state index contributed by atoms with van der Waals surface area (Å²) in [5, 5.41) is 0. The standard InChI is InChI=1S/C18H26N4O/c1-14-17-19-16(18(23)20-8-4-5-9-20)13-22(17)11-10-21(14)12-15-6-2-3-7-15/h4-5,13-15H,2-3,6-12H2,1H3/t14-/m0/s1. The predicted octanol–water partition coefficient (Wildman–Crippen LogP) is 2.46. The molecule has 1 aliphatic carbocycles. The van der Waals surface area contributed by atoms with Gasteiger partial charge >= 0.3 is 0 Å². The summed E-state index contributed by atoms with van der Waals surface area (Å²) in [4.78, 5) is 21.6. The normalized spacial score (nSPS) is 25.3. The number of amides is 1. The number of aromatic nitrogens is 2. The molecule has 1 amide bonds. The Morgan fingerprint density at radius 1 is 1.22 bits per heavy atom. The first-order valence-electron chi connectivity index (χ1n) is 8.98. The van der Waals surface area contributed by atoms with Gasteiger partial charge in [0.1, 0.15) is 11.5 Å². The molecule has 0 unspecified atom stereocenters. The fourth-order valence-corrected chi connectivity index (χ4v) is 4.22. The van der Waals surface area contributed by atoms with Crippen LogP contribution in [0.1, 0.15) is 55.0 Å². The van der Waals surface area contributed by atoms with Crippen molar-refractivity contribution in [1.29, 1.82) is 0 Å². The minimum atomic E-state index is 0.0615. The highest BCUT2D eigenvalue weighted by molar-refractivity contribution is 5.92. The second-order valence-electron chi connectivity index (χ2n) is 7.18. The van der Waals surface area contributed by atoms with Crippen LogP contribution in [0.3, 0.4) is 0 Å². The molecule has 0 N–H and O–H groups in total. The highest BCUT2D eigenvalue weighted by Crippen LogP contribution is 2.31. The van der Waals surface area contributed by atoms with E-state index in [0.29, 0.717) is 24.8 Å². The van der Waals surface area contributed by atoms with Crippen LogP contribution in [0.25, 0.3) is 0 Å². The summed E-state index contributed by atoms with van der Waals surface area (Å²) in [5.74, 6) is 1.98.